The molecule has 0 aliphatic carbocycles. The normalized spacial score (nSPS) is 12.7. The highest BCUT2D eigenvalue weighted by Gasteiger charge is 2.01. The first-order valence-electron chi connectivity index (χ1n) is 4.62. The minimum atomic E-state index is 0.897. The van der Waals surface area contributed by atoms with E-state index in [4.69, 9.17) is 5.73 Å². The Morgan fingerprint density at radius 2 is 2.40 bits per heavy atom. The van der Waals surface area contributed by atoms with Crippen LogP contribution in [-0.4, -0.2) is 23.2 Å². The van der Waals surface area contributed by atoms with Gasteiger partial charge in [0.25, 0.3) is 0 Å². The fourth-order valence-corrected chi connectivity index (χ4v) is 1.47. The van der Waals surface area contributed by atoms with Crippen LogP contribution < -0.4 is 5.73 Å². The summed E-state index contributed by atoms with van der Waals surface area (Å²) in [7, 11) is 1.72. The minimum Gasteiger partial charge on any atom is -0.404 e. The highest BCUT2D eigenvalue weighted by molar-refractivity contribution is 6.10. The van der Waals surface area contributed by atoms with Gasteiger partial charge in [-0.25, -0.2) is 4.98 Å². The molecule has 1 aromatic carbocycles. The van der Waals surface area contributed by atoms with Crippen LogP contribution in [0.1, 0.15) is 5.56 Å². The van der Waals surface area contributed by atoms with E-state index in [0.717, 1.165) is 22.2 Å². The monoisotopic (exact) mass is 200 g/mol. The lowest BCUT2D eigenvalue weighted by atomic mass is 10.1. The minimum absolute atomic E-state index is 0.897. The molecule has 0 spiro atoms. The molecule has 0 saturated carbocycles. The summed E-state index contributed by atoms with van der Waals surface area (Å²) >= 11 is 0. The van der Waals surface area contributed by atoms with Crippen LogP contribution in [0.15, 0.2) is 35.7 Å². The fraction of sp³-hybridized carbons (Fsp3) is 0.0909. The van der Waals surface area contributed by atoms with Crippen LogP contribution >= 0.6 is 0 Å². The highest BCUT2D eigenvalue weighted by Crippen LogP contribution is 2.17. The average Bonchev–Trinajstić information content (AvgIpc) is 2.72. The van der Waals surface area contributed by atoms with E-state index in [1.54, 1.807) is 25.8 Å². The third-order valence-corrected chi connectivity index (χ3v) is 2.20. The molecule has 0 bridgehead atoms. The number of rotatable bonds is 2. The topological polar surface area (TPSA) is 67.1 Å². The number of hydrogen-bond donors (Lipinski definition) is 2. The van der Waals surface area contributed by atoms with Crippen LogP contribution in [-0.2, 0) is 0 Å². The zero-order valence-corrected chi connectivity index (χ0v) is 8.44. The lowest BCUT2D eigenvalue weighted by Gasteiger charge is -2.00. The molecule has 4 nitrogen and oxygen atoms in total. The van der Waals surface area contributed by atoms with Crippen LogP contribution in [0.25, 0.3) is 16.6 Å². The van der Waals surface area contributed by atoms with Crippen molar-refractivity contribution >= 4 is 22.8 Å². The van der Waals surface area contributed by atoms with Crippen molar-refractivity contribution in [1.82, 2.24) is 9.97 Å². The van der Waals surface area contributed by atoms with Gasteiger partial charge in [-0.05, 0) is 17.7 Å². The van der Waals surface area contributed by atoms with Crippen molar-refractivity contribution < 1.29 is 0 Å². The quantitative estimate of drug-likeness (QED) is 0.722. The van der Waals surface area contributed by atoms with Gasteiger partial charge in [-0.2, -0.15) is 0 Å². The maximum atomic E-state index is 5.53. The molecule has 76 valence electrons. The molecule has 0 saturated heterocycles. The summed E-state index contributed by atoms with van der Waals surface area (Å²) in [6.07, 6.45) is 4.95. The number of benzene rings is 1. The SMILES string of the molecule is CN=CC(=CN)c1ccc2nc[nH]c2c1. The van der Waals surface area contributed by atoms with Gasteiger partial charge < -0.3 is 10.7 Å². The van der Waals surface area contributed by atoms with E-state index in [1.165, 1.54) is 0 Å². The standard InChI is InChI=1S/C11H12N4/c1-13-6-9(5-12)8-2-3-10-11(4-8)15-7-14-10/h2-7H,12H2,1H3,(H,14,15). The predicted octanol–water partition coefficient (Wildman–Crippen LogP) is 1.56. The van der Waals surface area contributed by atoms with E-state index in [2.05, 4.69) is 15.0 Å². The largest absolute Gasteiger partial charge is 0.404 e. The van der Waals surface area contributed by atoms with E-state index in [9.17, 15) is 0 Å². The van der Waals surface area contributed by atoms with Crippen molar-refractivity contribution in [1.29, 1.82) is 0 Å². The van der Waals surface area contributed by atoms with E-state index in [1.807, 2.05) is 18.2 Å². The molecule has 0 fully saturated rings. The van der Waals surface area contributed by atoms with Gasteiger partial charge >= 0.3 is 0 Å². The van der Waals surface area contributed by atoms with Crippen LogP contribution in [0, 0.1) is 0 Å². The Morgan fingerprint density at radius 1 is 1.53 bits per heavy atom. The molecule has 0 radical (unpaired) electrons. The summed E-state index contributed by atoms with van der Waals surface area (Å²) in [4.78, 5) is 11.2. The Hall–Kier alpha value is -2.10. The van der Waals surface area contributed by atoms with E-state index in [0.29, 0.717) is 0 Å². The van der Waals surface area contributed by atoms with Crippen molar-refractivity contribution in [3.05, 3.63) is 36.3 Å². The van der Waals surface area contributed by atoms with Crippen molar-refractivity contribution in [3.63, 3.8) is 0 Å². The Labute approximate surface area is 87.5 Å². The van der Waals surface area contributed by atoms with Crippen LogP contribution in [0.4, 0.5) is 0 Å². The maximum absolute atomic E-state index is 5.53. The van der Waals surface area contributed by atoms with Gasteiger partial charge in [0, 0.05) is 25.0 Å². The van der Waals surface area contributed by atoms with Gasteiger partial charge in [-0.3, -0.25) is 4.99 Å². The zero-order valence-electron chi connectivity index (χ0n) is 8.44. The summed E-state index contributed by atoms with van der Waals surface area (Å²) < 4.78 is 0. The summed E-state index contributed by atoms with van der Waals surface area (Å²) in [5.74, 6) is 0. The predicted molar refractivity (Wildman–Crippen MR) is 62.7 cm³/mol. The molecule has 1 heterocycles. The van der Waals surface area contributed by atoms with Crippen molar-refractivity contribution in [2.24, 2.45) is 10.7 Å². The average molecular weight is 200 g/mol. The fourth-order valence-electron chi connectivity index (χ4n) is 1.47. The first kappa shape index (κ1) is 9.45. The second-order valence-corrected chi connectivity index (χ2v) is 3.14. The number of aromatic amines is 1. The third-order valence-electron chi connectivity index (χ3n) is 2.20. The summed E-state index contributed by atoms with van der Waals surface area (Å²) in [5, 5.41) is 0. The van der Waals surface area contributed by atoms with Gasteiger partial charge in [0.15, 0.2) is 0 Å². The van der Waals surface area contributed by atoms with Crippen LogP contribution in [0.2, 0.25) is 0 Å². The molecule has 0 unspecified atom stereocenters. The molecule has 0 aliphatic rings. The molecule has 0 atom stereocenters. The zero-order chi connectivity index (χ0) is 10.7. The Bertz CT molecular complexity index is 522. The van der Waals surface area contributed by atoms with E-state index in [-0.39, 0.29) is 0 Å². The van der Waals surface area contributed by atoms with Crippen LogP contribution in [0.3, 0.4) is 0 Å². The van der Waals surface area contributed by atoms with Crippen molar-refractivity contribution in [2.45, 2.75) is 0 Å². The molecular weight excluding hydrogens is 188 g/mol. The number of nitrogens with zero attached hydrogens (tertiary/aromatic N) is 2. The molecule has 0 amide bonds. The summed E-state index contributed by atoms with van der Waals surface area (Å²) in [5.41, 5.74) is 9.40. The molecule has 4 heteroatoms. The number of nitrogens with two attached hydrogens (primary N) is 1. The second-order valence-electron chi connectivity index (χ2n) is 3.14. The highest BCUT2D eigenvalue weighted by atomic mass is 14.9. The van der Waals surface area contributed by atoms with Gasteiger partial charge in [-0.15, -0.1) is 0 Å². The number of imidazole rings is 1. The summed E-state index contributed by atoms with van der Waals surface area (Å²) in [6.45, 7) is 0. The van der Waals surface area contributed by atoms with E-state index >= 15 is 0 Å². The van der Waals surface area contributed by atoms with Gasteiger partial charge in [0.1, 0.15) is 0 Å². The number of nitrogens with one attached hydrogen (secondary N) is 1. The van der Waals surface area contributed by atoms with Gasteiger partial charge in [0.2, 0.25) is 0 Å². The molecule has 15 heavy (non-hydrogen) atoms. The van der Waals surface area contributed by atoms with Crippen molar-refractivity contribution in [2.75, 3.05) is 7.05 Å². The maximum Gasteiger partial charge on any atom is 0.0931 e. The molecule has 2 aromatic rings. The number of aromatic nitrogens is 2. The molecule has 0 aliphatic heterocycles. The third kappa shape index (κ3) is 1.74. The number of aliphatic imine (C=N–C) groups is 1. The Morgan fingerprint density at radius 3 is 3.13 bits per heavy atom. The van der Waals surface area contributed by atoms with Gasteiger partial charge in [0.05, 0.1) is 17.4 Å². The molecule has 1 aromatic heterocycles. The molecular formula is C11H12N4. The van der Waals surface area contributed by atoms with Crippen LogP contribution in [0.5, 0.6) is 0 Å². The Balaban J connectivity index is 2.51. The lowest BCUT2D eigenvalue weighted by molar-refractivity contribution is 1.34. The number of allylic oxidation sites excluding steroid dienone is 1. The number of fused-ring (bicyclic) bond motifs is 1. The smallest absolute Gasteiger partial charge is 0.0931 e. The number of H-pyrrole nitrogens is 1. The molecule has 2 rings (SSSR count). The first-order valence-corrected chi connectivity index (χ1v) is 4.62. The lowest BCUT2D eigenvalue weighted by Crippen LogP contribution is -1.91. The Kier molecular flexibility index (Phi) is 2.49. The molecule has 3 N–H and O–H groups in total. The summed E-state index contributed by atoms with van der Waals surface area (Å²) in [6, 6.07) is 5.93. The first-order chi connectivity index (χ1) is 7.35. The van der Waals surface area contributed by atoms with Crippen molar-refractivity contribution in [3.8, 4) is 0 Å². The second kappa shape index (κ2) is 3.96. The van der Waals surface area contributed by atoms with Gasteiger partial charge in [-0.1, -0.05) is 6.07 Å². The number of hydrogen-bond acceptors (Lipinski definition) is 3. The van der Waals surface area contributed by atoms with E-state index < -0.39 is 0 Å².